The van der Waals surface area contributed by atoms with Crippen LogP contribution in [0.3, 0.4) is 0 Å². The molecule has 1 unspecified atom stereocenters. The predicted octanol–water partition coefficient (Wildman–Crippen LogP) is 2.94. The number of rotatable bonds is 5. The quantitative estimate of drug-likeness (QED) is 0.906. The maximum atomic E-state index is 12.1. The van der Waals surface area contributed by atoms with Crippen LogP contribution in [-0.2, 0) is 17.3 Å². The third-order valence-electron chi connectivity index (χ3n) is 2.89. The molecule has 0 aliphatic carbocycles. The van der Waals surface area contributed by atoms with Crippen molar-refractivity contribution >= 4 is 39.7 Å². The summed E-state index contributed by atoms with van der Waals surface area (Å²) in [5.74, 6) is 0.430. The Labute approximate surface area is 134 Å². The normalized spacial score (nSPS) is 12.3. The first kappa shape index (κ1) is 16.1. The summed E-state index contributed by atoms with van der Waals surface area (Å²) in [5, 5.41) is 0.818. The van der Waals surface area contributed by atoms with Crippen LogP contribution in [0.15, 0.2) is 46.2 Å². The number of nitrogens with zero attached hydrogens (tertiary/aromatic N) is 1. The van der Waals surface area contributed by atoms with Crippen LogP contribution >= 0.6 is 23.2 Å². The molecule has 1 aromatic heterocycles. The van der Waals surface area contributed by atoms with Crippen molar-refractivity contribution in [3.05, 3.63) is 56.9 Å². The van der Waals surface area contributed by atoms with Gasteiger partial charge in [-0.1, -0.05) is 23.2 Å². The summed E-state index contributed by atoms with van der Waals surface area (Å²) in [4.78, 5) is 12.2. The molecule has 2 aromatic rings. The van der Waals surface area contributed by atoms with E-state index in [1.807, 2.05) is 0 Å². The van der Waals surface area contributed by atoms with E-state index in [0.29, 0.717) is 39.3 Å². The number of halogens is 2. The van der Waals surface area contributed by atoms with Gasteiger partial charge >= 0.3 is 0 Å². The van der Waals surface area contributed by atoms with E-state index < -0.39 is 10.8 Å². The number of hydrogen-bond acceptors (Lipinski definition) is 3. The number of hydrogen-bond donors (Lipinski definition) is 1. The summed E-state index contributed by atoms with van der Waals surface area (Å²) in [6.45, 7) is 0.469. The fraction of sp³-hybridized carbons (Fsp3) is 0.214. The first-order valence-electron chi connectivity index (χ1n) is 6.27. The smallest absolute Gasteiger partial charge is 0.250 e. The zero-order chi connectivity index (χ0) is 15.4. The maximum Gasteiger partial charge on any atom is 0.250 e. The Kier molecular flexibility index (Phi) is 5.45. The SMILES string of the molecule is Nc1ccc(=O)n(CCCS(=O)c2ccc(Cl)c(Cl)c2)c1. The summed E-state index contributed by atoms with van der Waals surface area (Å²) in [5.41, 5.74) is 6.04. The largest absolute Gasteiger partial charge is 0.398 e. The lowest BCUT2D eigenvalue weighted by molar-refractivity contribution is 0.644. The van der Waals surface area contributed by atoms with E-state index in [9.17, 15) is 9.00 Å². The van der Waals surface area contributed by atoms with Gasteiger partial charge < -0.3 is 10.3 Å². The molecule has 2 N–H and O–H groups in total. The van der Waals surface area contributed by atoms with Crippen molar-refractivity contribution in [3.63, 3.8) is 0 Å². The highest BCUT2D eigenvalue weighted by molar-refractivity contribution is 7.85. The van der Waals surface area contributed by atoms with E-state index in [1.54, 1.807) is 30.5 Å². The van der Waals surface area contributed by atoms with Gasteiger partial charge in [0.05, 0.1) is 20.8 Å². The van der Waals surface area contributed by atoms with Gasteiger partial charge in [-0.2, -0.15) is 0 Å². The second-order valence-electron chi connectivity index (χ2n) is 4.47. The number of benzene rings is 1. The number of nitrogens with two attached hydrogens (primary N) is 1. The second kappa shape index (κ2) is 7.11. The molecule has 21 heavy (non-hydrogen) atoms. The predicted molar refractivity (Wildman–Crippen MR) is 87.5 cm³/mol. The minimum Gasteiger partial charge on any atom is -0.398 e. The van der Waals surface area contributed by atoms with Crippen LogP contribution in [0.4, 0.5) is 5.69 Å². The van der Waals surface area contributed by atoms with E-state index >= 15 is 0 Å². The molecule has 1 aromatic carbocycles. The van der Waals surface area contributed by atoms with Crippen molar-refractivity contribution in [1.82, 2.24) is 4.57 Å². The van der Waals surface area contributed by atoms with Gasteiger partial charge in [0.15, 0.2) is 0 Å². The molecule has 0 fully saturated rings. The zero-order valence-electron chi connectivity index (χ0n) is 11.1. The van der Waals surface area contributed by atoms with Gasteiger partial charge in [0.2, 0.25) is 0 Å². The highest BCUT2D eigenvalue weighted by Crippen LogP contribution is 2.24. The highest BCUT2D eigenvalue weighted by atomic mass is 35.5. The van der Waals surface area contributed by atoms with E-state index in [2.05, 4.69) is 0 Å². The van der Waals surface area contributed by atoms with Gasteiger partial charge in [-0.15, -0.1) is 0 Å². The molecular formula is C14H14Cl2N2O2S. The van der Waals surface area contributed by atoms with Gasteiger partial charge in [0.1, 0.15) is 0 Å². The average molecular weight is 345 g/mol. The molecule has 0 aliphatic rings. The molecule has 0 saturated carbocycles. The second-order valence-corrected chi connectivity index (χ2v) is 6.86. The van der Waals surface area contributed by atoms with E-state index in [-0.39, 0.29) is 5.56 Å². The van der Waals surface area contributed by atoms with Crippen LogP contribution in [0.5, 0.6) is 0 Å². The van der Waals surface area contributed by atoms with Crippen molar-refractivity contribution < 1.29 is 4.21 Å². The highest BCUT2D eigenvalue weighted by Gasteiger charge is 2.07. The summed E-state index contributed by atoms with van der Waals surface area (Å²) >= 11 is 11.7. The van der Waals surface area contributed by atoms with Crippen LogP contribution in [0, 0.1) is 0 Å². The Morgan fingerprint density at radius 1 is 1.14 bits per heavy atom. The van der Waals surface area contributed by atoms with Crippen molar-refractivity contribution in [2.45, 2.75) is 17.9 Å². The van der Waals surface area contributed by atoms with Crippen LogP contribution < -0.4 is 11.3 Å². The van der Waals surface area contributed by atoms with E-state index in [4.69, 9.17) is 28.9 Å². The molecule has 0 spiro atoms. The van der Waals surface area contributed by atoms with Crippen molar-refractivity contribution in [2.75, 3.05) is 11.5 Å². The number of nitrogen functional groups attached to an aromatic ring is 1. The third kappa shape index (κ3) is 4.33. The molecule has 0 amide bonds. The van der Waals surface area contributed by atoms with Crippen LogP contribution in [0.25, 0.3) is 0 Å². The summed E-state index contributed by atoms with van der Waals surface area (Å²) in [6.07, 6.45) is 2.18. The molecule has 1 heterocycles. The monoisotopic (exact) mass is 344 g/mol. The third-order valence-corrected chi connectivity index (χ3v) is 5.07. The fourth-order valence-electron chi connectivity index (χ4n) is 1.83. The standard InChI is InChI=1S/C14H14Cl2N2O2S/c15-12-4-3-11(8-13(12)16)21(20)7-1-6-18-9-10(17)2-5-14(18)19/h2-5,8-9H,1,6-7,17H2. The summed E-state index contributed by atoms with van der Waals surface area (Å²) in [6, 6.07) is 7.90. The Morgan fingerprint density at radius 3 is 2.62 bits per heavy atom. The minimum absolute atomic E-state index is 0.121. The zero-order valence-corrected chi connectivity index (χ0v) is 13.4. The van der Waals surface area contributed by atoms with E-state index in [1.165, 1.54) is 10.6 Å². The Morgan fingerprint density at radius 2 is 1.90 bits per heavy atom. The van der Waals surface area contributed by atoms with Crippen LogP contribution in [0.2, 0.25) is 10.0 Å². The number of aryl methyl sites for hydroxylation is 1. The molecule has 0 bridgehead atoms. The van der Waals surface area contributed by atoms with Gasteiger partial charge in [-0.3, -0.25) is 9.00 Å². The summed E-state index contributed by atoms with van der Waals surface area (Å²) < 4.78 is 13.7. The lowest BCUT2D eigenvalue weighted by Gasteiger charge is -2.07. The molecule has 2 rings (SSSR count). The maximum absolute atomic E-state index is 12.1. The van der Waals surface area contributed by atoms with Gasteiger partial charge in [0, 0.05) is 35.1 Å². The Bertz CT molecular complexity index is 731. The molecular weight excluding hydrogens is 331 g/mol. The van der Waals surface area contributed by atoms with Crippen molar-refractivity contribution in [1.29, 1.82) is 0 Å². The van der Waals surface area contributed by atoms with Gasteiger partial charge in [-0.25, -0.2) is 0 Å². The topological polar surface area (TPSA) is 65.1 Å². The van der Waals surface area contributed by atoms with Crippen molar-refractivity contribution in [2.24, 2.45) is 0 Å². The number of aromatic nitrogens is 1. The van der Waals surface area contributed by atoms with E-state index in [0.717, 1.165) is 0 Å². The molecule has 112 valence electrons. The molecule has 0 aliphatic heterocycles. The van der Waals surface area contributed by atoms with Crippen molar-refractivity contribution in [3.8, 4) is 0 Å². The van der Waals surface area contributed by atoms with Crippen LogP contribution in [-0.4, -0.2) is 14.5 Å². The molecule has 4 nitrogen and oxygen atoms in total. The first-order valence-corrected chi connectivity index (χ1v) is 8.34. The van der Waals surface area contributed by atoms with Crippen LogP contribution in [0.1, 0.15) is 6.42 Å². The van der Waals surface area contributed by atoms with Gasteiger partial charge in [0.25, 0.3) is 5.56 Å². The number of anilines is 1. The van der Waals surface area contributed by atoms with Gasteiger partial charge in [-0.05, 0) is 30.7 Å². The fourth-order valence-corrected chi connectivity index (χ4v) is 3.29. The first-order chi connectivity index (χ1) is 9.97. The molecule has 0 radical (unpaired) electrons. The minimum atomic E-state index is -1.18. The lowest BCUT2D eigenvalue weighted by atomic mass is 10.4. The number of pyridine rings is 1. The summed E-state index contributed by atoms with van der Waals surface area (Å²) in [7, 11) is -1.18. The lowest BCUT2D eigenvalue weighted by Crippen LogP contribution is -2.19. The Hall–Kier alpha value is -1.30. The average Bonchev–Trinajstić information content (AvgIpc) is 2.45. The molecule has 0 saturated heterocycles. The molecule has 7 heteroatoms. The Balaban J connectivity index is 1.96. The molecule has 1 atom stereocenters.